The van der Waals surface area contributed by atoms with Crippen molar-refractivity contribution < 1.29 is 4.79 Å². The maximum Gasteiger partial charge on any atom is 0.263 e. The molecule has 0 fully saturated rings. The van der Waals surface area contributed by atoms with Gasteiger partial charge < -0.3 is 5.32 Å². The van der Waals surface area contributed by atoms with E-state index in [0.29, 0.717) is 4.88 Å². The molecule has 0 aliphatic heterocycles. The Bertz CT molecular complexity index is 576. The van der Waals surface area contributed by atoms with Crippen LogP contribution < -0.4 is 5.32 Å². The number of nitrogens with one attached hydrogen (secondary N) is 1. The third kappa shape index (κ3) is 2.81. The van der Waals surface area contributed by atoms with Crippen molar-refractivity contribution >= 4 is 44.5 Å². The first-order valence-electron chi connectivity index (χ1n) is 5.47. The van der Waals surface area contributed by atoms with Crippen LogP contribution in [0.4, 0.5) is 0 Å². The van der Waals surface area contributed by atoms with E-state index in [9.17, 15) is 4.79 Å². The van der Waals surface area contributed by atoms with Crippen molar-refractivity contribution in [2.24, 2.45) is 0 Å². The molecule has 2 rings (SSSR count). The lowest BCUT2D eigenvalue weighted by atomic mass is 10.2. The predicted molar refractivity (Wildman–Crippen MR) is 79.5 cm³/mol. The second kappa shape index (κ2) is 5.50. The first kappa shape index (κ1) is 13.7. The number of hydrogen-bond donors (Lipinski definition) is 1. The number of hydrogen-bond acceptors (Lipinski definition) is 4. The van der Waals surface area contributed by atoms with Gasteiger partial charge >= 0.3 is 0 Å². The molecule has 0 bridgehead atoms. The Morgan fingerprint density at radius 2 is 2.22 bits per heavy atom. The van der Waals surface area contributed by atoms with E-state index in [1.807, 2.05) is 32.2 Å². The maximum absolute atomic E-state index is 12.1. The van der Waals surface area contributed by atoms with Gasteiger partial charge in [-0.3, -0.25) is 4.79 Å². The fraction of sp³-hybridized carbons (Fsp3) is 0.333. The van der Waals surface area contributed by atoms with Gasteiger partial charge in [-0.05, 0) is 48.1 Å². The van der Waals surface area contributed by atoms with Gasteiger partial charge in [0.05, 0.1) is 16.7 Å². The molecule has 2 heterocycles. The fourth-order valence-corrected chi connectivity index (χ4v) is 4.12. The van der Waals surface area contributed by atoms with Crippen molar-refractivity contribution in [1.82, 2.24) is 10.3 Å². The Morgan fingerprint density at radius 3 is 2.72 bits per heavy atom. The zero-order valence-electron chi connectivity index (χ0n) is 10.3. The monoisotopic (exact) mass is 344 g/mol. The van der Waals surface area contributed by atoms with Crippen molar-refractivity contribution in [2.45, 2.75) is 26.8 Å². The highest BCUT2D eigenvalue weighted by molar-refractivity contribution is 9.10. The van der Waals surface area contributed by atoms with Crippen molar-refractivity contribution in [2.75, 3.05) is 0 Å². The van der Waals surface area contributed by atoms with Crippen LogP contribution in [0, 0.1) is 13.8 Å². The fourth-order valence-electron chi connectivity index (χ4n) is 1.73. The van der Waals surface area contributed by atoms with Gasteiger partial charge in [0.1, 0.15) is 4.88 Å². The number of nitrogens with zero attached hydrogens (tertiary/aromatic N) is 1. The summed E-state index contributed by atoms with van der Waals surface area (Å²) in [6.07, 6.45) is 0. The number of carbonyl (C=O) groups is 1. The largest absolute Gasteiger partial charge is 0.344 e. The molecule has 3 nitrogen and oxygen atoms in total. The first-order valence-corrected chi connectivity index (χ1v) is 7.95. The first-order chi connectivity index (χ1) is 8.49. The van der Waals surface area contributed by atoms with Crippen LogP contribution in [-0.2, 0) is 0 Å². The van der Waals surface area contributed by atoms with Crippen LogP contribution >= 0.6 is 38.6 Å². The number of thiophene rings is 1. The highest BCUT2D eigenvalue weighted by atomic mass is 79.9. The highest BCUT2D eigenvalue weighted by Gasteiger charge is 2.18. The van der Waals surface area contributed by atoms with Crippen molar-refractivity contribution in [3.05, 3.63) is 36.4 Å². The van der Waals surface area contributed by atoms with Crippen LogP contribution in [0.1, 0.15) is 38.2 Å². The highest BCUT2D eigenvalue weighted by Crippen LogP contribution is 2.27. The summed E-state index contributed by atoms with van der Waals surface area (Å²) in [4.78, 5) is 18.3. The maximum atomic E-state index is 12.1. The summed E-state index contributed by atoms with van der Waals surface area (Å²) in [7, 11) is 0. The molecule has 96 valence electrons. The van der Waals surface area contributed by atoms with E-state index in [4.69, 9.17) is 0 Å². The molecule has 1 amide bonds. The molecule has 2 aromatic rings. The molecule has 0 saturated heterocycles. The van der Waals surface area contributed by atoms with Crippen LogP contribution in [0.3, 0.4) is 0 Å². The molecule has 0 saturated carbocycles. The molecular formula is C12H13BrN2OS2. The second-order valence-electron chi connectivity index (χ2n) is 3.98. The summed E-state index contributed by atoms with van der Waals surface area (Å²) >= 11 is 6.44. The number of carbonyl (C=O) groups excluding carboxylic acids is 1. The molecule has 18 heavy (non-hydrogen) atoms. The topological polar surface area (TPSA) is 42.0 Å². The van der Waals surface area contributed by atoms with E-state index in [2.05, 4.69) is 26.2 Å². The predicted octanol–water partition coefficient (Wildman–Crippen LogP) is 4.07. The van der Waals surface area contributed by atoms with Gasteiger partial charge in [-0.1, -0.05) is 0 Å². The molecule has 0 radical (unpaired) electrons. The number of thiazole rings is 1. The third-order valence-electron chi connectivity index (χ3n) is 2.50. The molecule has 1 N–H and O–H groups in total. The average Bonchev–Trinajstić information content (AvgIpc) is 2.84. The van der Waals surface area contributed by atoms with E-state index >= 15 is 0 Å². The van der Waals surface area contributed by atoms with Gasteiger partial charge in [0.2, 0.25) is 0 Å². The molecular weight excluding hydrogens is 332 g/mol. The standard InChI is InChI=1S/C12H13BrN2OS2/c1-6-10(18-8(3)14-6)7(2)15-12(16)11-9(13)4-5-17-11/h4-5,7H,1-3H3,(H,15,16). The second-order valence-corrected chi connectivity index (χ2v) is 6.98. The zero-order chi connectivity index (χ0) is 13.3. The summed E-state index contributed by atoms with van der Waals surface area (Å²) < 4.78 is 0.842. The number of aryl methyl sites for hydroxylation is 2. The van der Waals surface area contributed by atoms with E-state index in [0.717, 1.165) is 20.1 Å². The van der Waals surface area contributed by atoms with Gasteiger partial charge in [-0.15, -0.1) is 22.7 Å². The average molecular weight is 345 g/mol. The molecule has 6 heteroatoms. The lowest BCUT2D eigenvalue weighted by Crippen LogP contribution is -2.26. The van der Waals surface area contributed by atoms with E-state index in [-0.39, 0.29) is 11.9 Å². The zero-order valence-corrected chi connectivity index (χ0v) is 13.5. The number of halogens is 1. The minimum atomic E-state index is -0.0465. The number of rotatable bonds is 3. The molecule has 0 aromatic carbocycles. The lowest BCUT2D eigenvalue weighted by molar-refractivity contribution is 0.0944. The number of aromatic nitrogens is 1. The van der Waals surface area contributed by atoms with Gasteiger partial charge in [0.25, 0.3) is 5.91 Å². The minimum Gasteiger partial charge on any atom is -0.344 e. The molecule has 0 spiro atoms. The van der Waals surface area contributed by atoms with Crippen LogP contribution in [-0.4, -0.2) is 10.9 Å². The molecule has 0 aliphatic carbocycles. The van der Waals surface area contributed by atoms with Gasteiger partial charge in [-0.25, -0.2) is 4.98 Å². The Hall–Kier alpha value is -0.720. The summed E-state index contributed by atoms with van der Waals surface area (Å²) in [6, 6.07) is 1.87. The van der Waals surface area contributed by atoms with Crippen LogP contribution in [0.25, 0.3) is 0 Å². The van der Waals surface area contributed by atoms with Crippen molar-refractivity contribution in [3.8, 4) is 0 Å². The lowest BCUT2D eigenvalue weighted by Gasteiger charge is -2.12. The third-order valence-corrected chi connectivity index (χ3v) is 5.60. The summed E-state index contributed by atoms with van der Waals surface area (Å²) in [5.41, 5.74) is 0.996. The molecule has 0 aliphatic rings. The Morgan fingerprint density at radius 1 is 1.50 bits per heavy atom. The van der Waals surface area contributed by atoms with Crippen molar-refractivity contribution in [3.63, 3.8) is 0 Å². The van der Waals surface area contributed by atoms with Crippen LogP contribution in [0.15, 0.2) is 15.9 Å². The SMILES string of the molecule is Cc1nc(C)c(C(C)NC(=O)c2sccc2Br)s1. The molecule has 1 unspecified atom stereocenters. The van der Waals surface area contributed by atoms with E-state index < -0.39 is 0 Å². The number of amides is 1. The van der Waals surface area contributed by atoms with Gasteiger partial charge in [0.15, 0.2) is 0 Å². The summed E-state index contributed by atoms with van der Waals surface area (Å²) in [5, 5.41) is 5.93. The summed E-state index contributed by atoms with van der Waals surface area (Å²) in [6.45, 7) is 5.94. The van der Waals surface area contributed by atoms with Crippen molar-refractivity contribution in [1.29, 1.82) is 0 Å². The summed E-state index contributed by atoms with van der Waals surface area (Å²) in [5.74, 6) is -0.0465. The quantitative estimate of drug-likeness (QED) is 0.911. The normalized spacial score (nSPS) is 12.4. The Kier molecular flexibility index (Phi) is 4.19. The smallest absolute Gasteiger partial charge is 0.263 e. The van der Waals surface area contributed by atoms with Gasteiger partial charge in [0, 0.05) is 9.35 Å². The van der Waals surface area contributed by atoms with Crippen LogP contribution in [0.2, 0.25) is 0 Å². The molecule has 1 atom stereocenters. The Labute approximate surface area is 122 Å². The van der Waals surface area contributed by atoms with Gasteiger partial charge in [-0.2, -0.15) is 0 Å². The van der Waals surface area contributed by atoms with Crippen LogP contribution in [0.5, 0.6) is 0 Å². The van der Waals surface area contributed by atoms with E-state index in [1.54, 1.807) is 11.3 Å². The van der Waals surface area contributed by atoms with E-state index in [1.165, 1.54) is 11.3 Å². The minimum absolute atomic E-state index is 0.0160. The Balaban J connectivity index is 2.13. The molecule has 2 aromatic heterocycles.